The van der Waals surface area contributed by atoms with E-state index in [4.69, 9.17) is 0 Å². The molecule has 2 atom stereocenters. The summed E-state index contributed by atoms with van der Waals surface area (Å²) in [5, 5.41) is 2.73. The second-order valence-corrected chi connectivity index (χ2v) is 5.21. The van der Waals surface area contributed by atoms with Gasteiger partial charge in [0.05, 0.1) is 12.0 Å². The molecule has 1 N–H and O–H groups in total. The minimum atomic E-state index is -4.16. The fourth-order valence-electron chi connectivity index (χ4n) is 2.20. The lowest BCUT2D eigenvalue weighted by molar-refractivity contribution is -0.189. The number of rotatable bonds is 3. The van der Waals surface area contributed by atoms with Crippen LogP contribution < -0.4 is 5.32 Å². The van der Waals surface area contributed by atoms with E-state index in [1.165, 1.54) is 0 Å². The Kier molecular flexibility index (Phi) is 5.01. The van der Waals surface area contributed by atoms with E-state index in [2.05, 4.69) is 5.32 Å². The highest BCUT2D eigenvalue weighted by atomic mass is 19.4. The third-order valence-corrected chi connectivity index (χ3v) is 3.27. The molecule has 0 aromatic rings. The molecule has 1 fully saturated rings. The van der Waals surface area contributed by atoms with Crippen molar-refractivity contribution < 1.29 is 18.0 Å². The van der Waals surface area contributed by atoms with Crippen molar-refractivity contribution >= 4 is 5.91 Å². The number of amides is 1. The summed E-state index contributed by atoms with van der Waals surface area (Å²) in [5.74, 6) is -1.51. The van der Waals surface area contributed by atoms with E-state index in [9.17, 15) is 18.0 Å². The Morgan fingerprint density at radius 2 is 1.94 bits per heavy atom. The third-order valence-electron chi connectivity index (χ3n) is 3.27. The van der Waals surface area contributed by atoms with E-state index in [-0.39, 0.29) is 24.9 Å². The summed E-state index contributed by atoms with van der Waals surface area (Å²) in [6.07, 6.45) is -3.51. The Morgan fingerprint density at radius 3 is 2.44 bits per heavy atom. The number of carbonyl (C=O) groups excluding carboxylic acids is 1. The molecule has 0 spiro atoms. The van der Waals surface area contributed by atoms with Gasteiger partial charge in [-0.2, -0.15) is 13.2 Å². The van der Waals surface area contributed by atoms with Crippen LogP contribution in [0.4, 0.5) is 13.2 Å². The minimum absolute atomic E-state index is 0.00292. The molecule has 1 heterocycles. The molecular weight excluding hydrogens is 245 g/mol. The predicted molar refractivity (Wildman–Crippen MR) is 63.1 cm³/mol. The lowest BCUT2D eigenvalue weighted by atomic mass is 9.96. The molecule has 1 rings (SSSR count). The van der Waals surface area contributed by atoms with Gasteiger partial charge in [-0.1, -0.05) is 0 Å². The van der Waals surface area contributed by atoms with Crippen LogP contribution in [0.5, 0.6) is 0 Å². The smallest absolute Gasteiger partial charge is 0.353 e. The van der Waals surface area contributed by atoms with Gasteiger partial charge in [-0.15, -0.1) is 0 Å². The third kappa shape index (κ3) is 4.15. The molecule has 1 aliphatic rings. The summed E-state index contributed by atoms with van der Waals surface area (Å²) in [6.45, 7) is 5.81. The van der Waals surface area contributed by atoms with Crippen LogP contribution in [0.25, 0.3) is 0 Å². The number of alkyl halides is 3. The Balaban J connectivity index is 2.58. The van der Waals surface area contributed by atoms with Gasteiger partial charge in [0.1, 0.15) is 0 Å². The maximum atomic E-state index is 12.7. The fraction of sp³-hybridized carbons (Fsp3) is 0.917. The van der Waals surface area contributed by atoms with Crippen molar-refractivity contribution in [3.05, 3.63) is 0 Å². The average Bonchev–Trinajstić information content (AvgIpc) is 2.26. The van der Waals surface area contributed by atoms with Crippen LogP contribution in [0.3, 0.4) is 0 Å². The molecule has 0 bridgehead atoms. The fourth-order valence-corrected chi connectivity index (χ4v) is 2.20. The Morgan fingerprint density at radius 1 is 1.33 bits per heavy atom. The predicted octanol–water partition coefficient (Wildman–Crippen LogP) is 2.17. The topological polar surface area (TPSA) is 32.3 Å². The standard InChI is InChI=1S/C12H21F3N2O/c1-8(2)16-11(18)9(3)17-6-4-5-10(7-17)12(13,14)15/h8-10H,4-7H2,1-3H3,(H,16,18)/t9-,10-/m0/s1. The maximum absolute atomic E-state index is 12.7. The first-order chi connectivity index (χ1) is 8.21. The molecule has 106 valence electrons. The summed E-state index contributed by atoms with van der Waals surface area (Å²) in [4.78, 5) is 13.4. The second-order valence-electron chi connectivity index (χ2n) is 5.21. The maximum Gasteiger partial charge on any atom is 0.393 e. The van der Waals surface area contributed by atoms with Gasteiger partial charge in [-0.05, 0) is 40.2 Å². The van der Waals surface area contributed by atoms with Gasteiger partial charge in [-0.3, -0.25) is 9.69 Å². The highest BCUT2D eigenvalue weighted by Gasteiger charge is 2.43. The molecule has 3 nitrogen and oxygen atoms in total. The van der Waals surface area contributed by atoms with Crippen molar-refractivity contribution in [2.24, 2.45) is 5.92 Å². The van der Waals surface area contributed by atoms with Crippen molar-refractivity contribution in [1.82, 2.24) is 10.2 Å². The quantitative estimate of drug-likeness (QED) is 0.849. The zero-order chi connectivity index (χ0) is 13.9. The molecule has 1 aliphatic heterocycles. The van der Waals surface area contributed by atoms with Crippen LogP contribution in [0, 0.1) is 5.92 Å². The summed E-state index contributed by atoms with van der Waals surface area (Å²) in [7, 11) is 0. The van der Waals surface area contributed by atoms with Crippen molar-refractivity contribution in [2.45, 2.75) is 51.9 Å². The number of nitrogens with one attached hydrogen (secondary N) is 1. The highest BCUT2D eigenvalue weighted by Crippen LogP contribution is 2.33. The Labute approximate surface area is 106 Å². The van der Waals surface area contributed by atoms with E-state index in [0.717, 1.165) is 0 Å². The number of hydrogen-bond donors (Lipinski definition) is 1. The molecule has 1 amide bonds. The van der Waals surface area contributed by atoms with Crippen molar-refractivity contribution in [3.8, 4) is 0 Å². The molecule has 6 heteroatoms. The van der Waals surface area contributed by atoms with Crippen LogP contribution in [0.2, 0.25) is 0 Å². The van der Waals surface area contributed by atoms with Gasteiger partial charge in [0.25, 0.3) is 0 Å². The lowest BCUT2D eigenvalue weighted by Crippen LogP contribution is -2.52. The molecule has 1 saturated heterocycles. The second kappa shape index (κ2) is 5.91. The molecular formula is C12H21F3N2O. The van der Waals surface area contributed by atoms with Crippen molar-refractivity contribution in [2.75, 3.05) is 13.1 Å². The zero-order valence-corrected chi connectivity index (χ0v) is 11.0. The zero-order valence-electron chi connectivity index (χ0n) is 11.0. The van der Waals surface area contributed by atoms with Gasteiger partial charge in [0.15, 0.2) is 0 Å². The first-order valence-electron chi connectivity index (χ1n) is 6.33. The van der Waals surface area contributed by atoms with Crippen LogP contribution >= 0.6 is 0 Å². The molecule has 0 radical (unpaired) electrons. The van der Waals surface area contributed by atoms with E-state index in [1.807, 2.05) is 13.8 Å². The number of hydrogen-bond acceptors (Lipinski definition) is 2. The first kappa shape index (κ1) is 15.3. The monoisotopic (exact) mass is 266 g/mol. The van der Waals surface area contributed by atoms with Gasteiger partial charge >= 0.3 is 6.18 Å². The van der Waals surface area contributed by atoms with Crippen LogP contribution in [-0.4, -0.2) is 42.2 Å². The van der Waals surface area contributed by atoms with Crippen LogP contribution in [0.15, 0.2) is 0 Å². The van der Waals surface area contributed by atoms with Crippen LogP contribution in [-0.2, 0) is 4.79 Å². The number of halogens is 3. The van der Waals surface area contributed by atoms with Gasteiger partial charge < -0.3 is 5.32 Å². The van der Waals surface area contributed by atoms with Gasteiger partial charge in [0, 0.05) is 12.6 Å². The van der Waals surface area contributed by atoms with Crippen molar-refractivity contribution in [3.63, 3.8) is 0 Å². The van der Waals surface area contributed by atoms with E-state index in [0.29, 0.717) is 13.0 Å². The summed E-state index contributed by atoms with van der Waals surface area (Å²) < 4.78 is 38.0. The molecule has 18 heavy (non-hydrogen) atoms. The first-order valence-corrected chi connectivity index (χ1v) is 6.33. The molecule has 0 aromatic carbocycles. The summed E-state index contributed by atoms with van der Waals surface area (Å²) >= 11 is 0. The molecule has 0 saturated carbocycles. The SMILES string of the molecule is CC(C)NC(=O)[C@H](C)N1CCC[C@H](C(F)(F)F)C1. The average molecular weight is 266 g/mol. The Hall–Kier alpha value is -0.780. The number of nitrogens with zero attached hydrogens (tertiary/aromatic N) is 1. The van der Waals surface area contributed by atoms with E-state index < -0.39 is 18.1 Å². The van der Waals surface area contributed by atoms with Crippen molar-refractivity contribution in [1.29, 1.82) is 0 Å². The largest absolute Gasteiger partial charge is 0.393 e. The molecule has 0 aliphatic carbocycles. The van der Waals surface area contributed by atoms with Gasteiger partial charge in [0.2, 0.25) is 5.91 Å². The summed E-state index contributed by atoms with van der Waals surface area (Å²) in [5.41, 5.74) is 0. The highest BCUT2D eigenvalue weighted by molar-refractivity contribution is 5.81. The number of likely N-dealkylation sites (tertiary alicyclic amines) is 1. The van der Waals surface area contributed by atoms with E-state index in [1.54, 1.807) is 11.8 Å². The normalized spacial score (nSPS) is 24.1. The number of carbonyl (C=O) groups is 1. The number of piperidine rings is 1. The molecule has 0 unspecified atom stereocenters. The van der Waals surface area contributed by atoms with Gasteiger partial charge in [-0.25, -0.2) is 0 Å². The van der Waals surface area contributed by atoms with E-state index >= 15 is 0 Å². The minimum Gasteiger partial charge on any atom is -0.353 e. The Bertz CT molecular complexity index is 292. The lowest BCUT2D eigenvalue weighted by Gasteiger charge is -2.36. The summed E-state index contributed by atoms with van der Waals surface area (Å²) in [6, 6.07) is -0.499. The molecule has 0 aromatic heterocycles. The van der Waals surface area contributed by atoms with Crippen LogP contribution in [0.1, 0.15) is 33.6 Å².